The minimum atomic E-state index is 0.660. The SMILES string of the molecule is COCCNCC(c1cc(C)cc(C)c1)C1CCCC1. The lowest BCUT2D eigenvalue weighted by molar-refractivity contribution is 0.198. The lowest BCUT2D eigenvalue weighted by atomic mass is 9.83. The van der Waals surface area contributed by atoms with Crippen LogP contribution in [0.15, 0.2) is 18.2 Å². The van der Waals surface area contributed by atoms with Gasteiger partial charge < -0.3 is 10.1 Å². The summed E-state index contributed by atoms with van der Waals surface area (Å²) in [6.45, 7) is 7.24. The number of methoxy groups -OCH3 is 1. The lowest BCUT2D eigenvalue weighted by Gasteiger charge is -2.25. The Bertz CT molecular complexity index is 390. The van der Waals surface area contributed by atoms with Crippen LogP contribution in [0.1, 0.15) is 48.3 Å². The zero-order valence-electron chi connectivity index (χ0n) is 13.2. The van der Waals surface area contributed by atoms with Crippen molar-refractivity contribution in [3.05, 3.63) is 34.9 Å². The lowest BCUT2D eigenvalue weighted by Crippen LogP contribution is -2.28. The number of benzene rings is 1. The molecule has 1 N–H and O–H groups in total. The molecule has 1 aromatic carbocycles. The maximum atomic E-state index is 5.13. The first-order chi connectivity index (χ1) is 9.70. The molecule has 1 fully saturated rings. The van der Waals surface area contributed by atoms with Gasteiger partial charge in [-0.2, -0.15) is 0 Å². The van der Waals surface area contributed by atoms with Gasteiger partial charge in [0.25, 0.3) is 0 Å². The molecule has 0 radical (unpaired) electrons. The Kier molecular flexibility index (Phi) is 6.06. The summed E-state index contributed by atoms with van der Waals surface area (Å²) in [6.07, 6.45) is 5.60. The molecule has 0 saturated heterocycles. The molecule has 1 aliphatic carbocycles. The molecule has 0 bridgehead atoms. The van der Waals surface area contributed by atoms with E-state index in [4.69, 9.17) is 4.74 Å². The molecule has 0 spiro atoms. The predicted molar refractivity (Wildman–Crippen MR) is 85.4 cm³/mol. The number of aryl methyl sites for hydroxylation is 2. The van der Waals surface area contributed by atoms with E-state index in [2.05, 4.69) is 37.4 Å². The van der Waals surface area contributed by atoms with Crippen molar-refractivity contribution in [1.29, 1.82) is 0 Å². The topological polar surface area (TPSA) is 21.3 Å². The zero-order valence-corrected chi connectivity index (χ0v) is 13.2. The molecular weight excluding hydrogens is 246 g/mol. The summed E-state index contributed by atoms with van der Waals surface area (Å²) >= 11 is 0. The molecule has 112 valence electrons. The molecule has 20 heavy (non-hydrogen) atoms. The van der Waals surface area contributed by atoms with Gasteiger partial charge in [-0.3, -0.25) is 0 Å². The average Bonchev–Trinajstić information content (AvgIpc) is 2.91. The van der Waals surface area contributed by atoms with Crippen molar-refractivity contribution in [3.63, 3.8) is 0 Å². The molecule has 2 nitrogen and oxygen atoms in total. The molecule has 1 saturated carbocycles. The van der Waals surface area contributed by atoms with Crippen LogP contribution >= 0.6 is 0 Å². The molecule has 1 atom stereocenters. The van der Waals surface area contributed by atoms with E-state index >= 15 is 0 Å². The average molecular weight is 275 g/mol. The first-order valence-electron chi connectivity index (χ1n) is 7.98. The normalized spacial score (nSPS) is 17.6. The van der Waals surface area contributed by atoms with Crippen LogP contribution in [-0.2, 0) is 4.74 Å². The van der Waals surface area contributed by atoms with E-state index in [-0.39, 0.29) is 0 Å². The van der Waals surface area contributed by atoms with Gasteiger partial charge in [-0.15, -0.1) is 0 Å². The summed E-state index contributed by atoms with van der Waals surface area (Å²) in [5, 5.41) is 3.58. The zero-order chi connectivity index (χ0) is 14.4. The molecular formula is C18H29NO. The molecule has 0 heterocycles. The van der Waals surface area contributed by atoms with Crippen LogP contribution in [0.2, 0.25) is 0 Å². The van der Waals surface area contributed by atoms with E-state index in [9.17, 15) is 0 Å². The van der Waals surface area contributed by atoms with Crippen molar-refractivity contribution in [2.75, 3.05) is 26.8 Å². The van der Waals surface area contributed by atoms with E-state index in [1.807, 2.05) is 0 Å². The number of rotatable bonds is 7. The second kappa shape index (κ2) is 7.80. The van der Waals surface area contributed by atoms with E-state index < -0.39 is 0 Å². The van der Waals surface area contributed by atoms with Crippen LogP contribution < -0.4 is 5.32 Å². The van der Waals surface area contributed by atoms with Gasteiger partial charge in [0, 0.05) is 20.2 Å². The van der Waals surface area contributed by atoms with E-state index in [1.54, 1.807) is 7.11 Å². The van der Waals surface area contributed by atoms with E-state index in [1.165, 1.54) is 42.4 Å². The minimum absolute atomic E-state index is 0.660. The van der Waals surface area contributed by atoms with Crippen molar-refractivity contribution in [3.8, 4) is 0 Å². The summed E-state index contributed by atoms with van der Waals surface area (Å²) in [5.74, 6) is 1.51. The van der Waals surface area contributed by atoms with Crippen molar-refractivity contribution >= 4 is 0 Å². The van der Waals surface area contributed by atoms with Crippen molar-refractivity contribution < 1.29 is 4.74 Å². The van der Waals surface area contributed by atoms with Gasteiger partial charge >= 0.3 is 0 Å². The summed E-state index contributed by atoms with van der Waals surface area (Å²) in [7, 11) is 1.76. The number of hydrogen-bond donors (Lipinski definition) is 1. The van der Waals surface area contributed by atoms with Crippen molar-refractivity contribution in [2.24, 2.45) is 5.92 Å². The summed E-state index contributed by atoms with van der Waals surface area (Å²) in [6, 6.07) is 7.04. The monoisotopic (exact) mass is 275 g/mol. The Hall–Kier alpha value is -0.860. The van der Waals surface area contributed by atoms with Gasteiger partial charge in [0.15, 0.2) is 0 Å². The fourth-order valence-corrected chi connectivity index (χ4v) is 3.57. The Balaban J connectivity index is 2.07. The van der Waals surface area contributed by atoms with Crippen molar-refractivity contribution in [1.82, 2.24) is 5.32 Å². The Morgan fingerprint density at radius 1 is 1.15 bits per heavy atom. The molecule has 2 heteroatoms. The molecule has 0 aliphatic heterocycles. The maximum Gasteiger partial charge on any atom is 0.0587 e. The first-order valence-corrected chi connectivity index (χ1v) is 7.98. The number of hydrogen-bond acceptors (Lipinski definition) is 2. The smallest absolute Gasteiger partial charge is 0.0587 e. The minimum Gasteiger partial charge on any atom is -0.383 e. The summed E-state index contributed by atoms with van der Waals surface area (Å²) in [5.41, 5.74) is 4.30. The number of nitrogens with one attached hydrogen (secondary N) is 1. The van der Waals surface area contributed by atoms with E-state index in [0.717, 1.165) is 25.6 Å². The highest BCUT2D eigenvalue weighted by Gasteiger charge is 2.26. The molecule has 0 amide bonds. The summed E-state index contributed by atoms with van der Waals surface area (Å²) < 4.78 is 5.13. The second-order valence-electron chi connectivity index (χ2n) is 6.27. The van der Waals surface area contributed by atoms with Gasteiger partial charge in [0.2, 0.25) is 0 Å². The molecule has 1 aromatic rings. The maximum absolute atomic E-state index is 5.13. The van der Waals surface area contributed by atoms with Crippen LogP contribution in [0, 0.1) is 19.8 Å². The quantitative estimate of drug-likeness (QED) is 0.764. The fourth-order valence-electron chi connectivity index (χ4n) is 3.57. The van der Waals surface area contributed by atoms with Crippen LogP contribution in [0.5, 0.6) is 0 Å². The standard InChI is InChI=1S/C18H29NO/c1-14-10-15(2)12-17(11-14)18(13-19-8-9-20-3)16-6-4-5-7-16/h10-12,16,18-19H,4-9,13H2,1-3H3. The van der Waals surface area contributed by atoms with Gasteiger partial charge in [0.1, 0.15) is 0 Å². The highest BCUT2D eigenvalue weighted by atomic mass is 16.5. The third-order valence-corrected chi connectivity index (χ3v) is 4.49. The fraction of sp³-hybridized carbons (Fsp3) is 0.667. The van der Waals surface area contributed by atoms with Crippen LogP contribution in [0.3, 0.4) is 0 Å². The molecule has 1 aliphatic rings. The van der Waals surface area contributed by atoms with Crippen LogP contribution in [0.25, 0.3) is 0 Å². The highest BCUT2D eigenvalue weighted by Crippen LogP contribution is 2.37. The third kappa shape index (κ3) is 4.32. The summed E-state index contributed by atoms with van der Waals surface area (Å²) in [4.78, 5) is 0. The van der Waals surface area contributed by atoms with Crippen molar-refractivity contribution in [2.45, 2.75) is 45.4 Å². The largest absolute Gasteiger partial charge is 0.383 e. The van der Waals surface area contributed by atoms with Gasteiger partial charge in [-0.1, -0.05) is 42.2 Å². The predicted octanol–water partition coefficient (Wildman–Crippen LogP) is 3.81. The second-order valence-corrected chi connectivity index (χ2v) is 6.27. The number of ether oxygens (including phenoxy) is 1. The van der Waals surface area contributed by atoms with Gasteiger partial charge in [-0.05, 0) is 44.1 Å². The molecule has 1 unspecified atom stereocenters. The van der Waals surface area contributed by atoms with Crippen LogP contribution in [-0.4, -0.2) is 26.8 Å². The molecule has 0 aromatic heterocycles. The molecule has 2 rings (SSSR count). The third-order valence-electron chi connectivity index (χ3n) is 4.49. The van der Waals surface area contributed by atoms with Gasteiger partial charge in [-0.25, -0.2) is 0 Å². The van der Waals surface area contributed by atoms with Gasteiger partial charge in [0.05, 0.1) is 6.61 Å². The van der Waals surface area contributed by atoms with E-state index in [0.29, 0.717) is 5.92 Å². The Morgan fingerprint density at radius 2 is 1.80 bits per heavy atom. The highest BCUT2D eigenvalue weighted by molar-refractivity contribution is 5.31. The Morgan fingerprint density at radius 3 is 2.40 bits per heavy atom. The first kappa shape index (κ1) is 15.5. The van der Waals surface area contributed by atoms with Crippen LogP contribution in [0.4, 0.5) is 0 Å². The Labute approximate surface area is 123 Å².